The van der Waals surface area contributed by atoms with Gasteiger partial charge in [0.05, 0.1) is 12.8 Å². The quantitative estimate of drug-likeness (QED) is 0.845. The van der Waals surface area contributed by atoms with Gasteiger partial charge in [0.25, 0.3) is 0 Å². The number of nitrogens with one attached hydrogen (secondary N) is 1. The van der Waals surface area contributed by atoms with Gasteiger partial charge in [-0.05, 0) is 25.0 Å². The standard InChI is InChI=1S/C14H20N2O3/c1-16(11-6-3-2-4-7-11)14(18)13(17)15-10-12-8-5-9-19-12/h5,8-9,11H,2-4,6-7,10H2,1H3,(H,15,17). The minimum Gasteiger partial charge on any atom is -0.467 e. The monoisotopic (exact) mass is 264 g/mol. The van der Waals surface area contributed by atoms with Gasteiger partial charge in [0.1, 0.15) is 5.76 Å². The van der Waals surface area contributed by atoms with Crippen molar-refractivity contribution in [3.05, 3.63) is 24.2 Å². The van der Waals surface area contributed by atoms with Crippen LogP contribution in [0.2, 0.25) is 0 Å². The van der Waals surface area contributed by atoms with Gasteiger partial charge >= 0.3 is 11.8 Å². The van der Waals surface area contributed by atoms with E-state index in [9.17, 15) is 9.59 Å². The van der Waals surface area contributed by atoms with Gasteiger partial charge in [-0.25, -0.2) is 0 Å². The predicted molar refractivity (Wildman–Crippen MR) is 70.2 cm³/mol. The van der Waals surface area contributed by atoms with E-state index in [0.717, 1.165) is 25.7 Å². The molecule has 1 aromatic heterocycles. The summed E-state index contributed by atoms with van der Waals surface area (Å²) in [6, 6.07) is 3.71. The molecule has 5 nitrogen and oxygen atoms in total. The van der Waals surface area contributed by atoms with Crippen LogP contribution in [0.4, 0.5) is 0 Å². The van der Waals surface area contributed by atoms with Crippen LogP contribution in [0, 0.1) is 0 Å². The van der Waals surface area contributed by atoms with E-state index in [0.29, 0.717) is 5.76 Å². The van der Waals surface area contributed by atoms with E-state index in [-0.39, 0.29) is 12.6 Å². The maximum absolute atomic E-state index is 12.0. The first-order valence-corrected chi connectivity index (χ1v) is 6.76. The van der Waals surface area contributed by atoms with Gasteiger partial charge in [0, 0.05) is 13.1 Å². The Bertz CT molecular complexity index is 422. The number of likely N-dealkylation sites (N-methyl/N-ethyl adjacent to an activating group) is 1. The summed E-state index contributed by atoms with van der Waals surface area (Å²) >= 11 is 0. The summed E-state index contributed by atoms with van der Waals surface area (Å²) in [5.74, 6) is -0.385. The van der Waals surface area contributed by atoms with Gasteiger partial charge in [-0.3, -0.25) is 9.59 Å². The first kappa shape index (κ1) is 13.6. The molecule has 0 bridgehead atoms. The van der Waals surface area contributed by atoms with Crippen molar-refractivity contribution in [1.82, 2.24) is 10.2 Å². The zero-order chi connectivity index (χ0) is 13.7. The third kappa shape index (κ3) is 3.59. The van der Waals surface area contributed by atoms with Crippen LogP contribution in [0.15, 0.2) is 22.8 Å². The van der Waals surface area contributed by atoms with Crippen molar-refractivity contribution in [3.63, 3.8) is 0 Å². The molecule has 2 amide bonds. The topological polar surface area (TPSA) is 62.6 Å². The molecule has 0 radical (unpaired) electrons. The van der Waals surface area contributed by atoms with Gasteiger partial charge in [0.15, 0.2) is 0 Å². The Balaban J connectivity index is 1.82. The number of rotatable bonds is 3. The Labute approximate surface area is 113 Å². The fourth-order valence-corrected chi connectivity index (χ4v) is 2.45. The molecular weight excluding hydrogens is 244 g/mol. The molecule has 2 rings (SSSR count). The molecule has 1 aliphatic carbocycles. The number of amides is 2. The smallest absolute Gasteiger partial charge is 0.311 e. The lowest BCUT2D eigenvalue weighted by atomic mass is 9.94. The zero-order valence-electron chi connectivity index (χ0n) is 11.2. The fourth-order valence-electron chi connectivity index (χ4n) is 2.45. The van der Waals surface area contributed by atoms with Crippen LogP contribution in [0.25, 0.3) is 0 Å². The van der Waals surface area contributed by atoms with Crippen LogP contribution in [-0.4, -0.2) is 29.8 Å². The fraction of sp³-hybridized carbons (Fsp3) is 0.571. The molecule has 5 heteroatoms. The van der Waals surface area contributed by atoms with Crippen LogP contribution in [0.3, 0.4) is 0 Å². The number of hydrogen-bond donors (Lipinski definition) is 1. The van der Waals surface area contributed by atoms with Crippen LogP contribution in [-0.2, 0) is 16.1 Å². The number of nitrogens with zero attached hydrogens (tertiary/aromatic N) is 1. The van der Waals surface area contributed by atoms with E-state index in [1.807, 2.05) is 0 Å². The molecule has 0 atom stereocenters. The normalized spacial score (nSPS) is 16.1. The molecule has 1 aromatic rings. The van der Waals surface area contributed by atoms with E-state index in [1.165, 1.54) is 12.7 Å². The van der Waals surface area contributed by atoms with E-state index < -0.39 is 11.8 Å². The lowest BCUT2D eigenvalue weighted by Crippen LogP contribution is -2.46. The SMILES string of the molecule is CN(C(=O)C(=O)NCc1ccco1)C1CCCCC1. The zero-order valence-corrected chi connectivity index (χ0v) is 11.2. The predicted octanol–water partition coefficient (Wildman–Crippen LogP) is 1.69. The Kier molecular flexibility index (Phi) is 4.60. The molecular formula is C14H20N2O3. The highest BCUT2D eigenvalue weighted by Crippen LogP contribution is 2.21. The summed E-state index contributed by atoms with van der Waals surface area (Å²) in [6.07, 6.45) is 7.02. The van der Waals surface area contributed by atoms with Crippen LogP contribution in [0.5, 0.6) is 0 Å². The highest BCUT2D eigenvalue weighted by atomic mass is 16.3. The van der Waals surface area contributed by atoms with Gasteiger partial charge in [-0.2, -0.15) is 0 Å². The molecule has 104 valence electrons. The largest absolute Gasteiger partial charge is 0.467 e. The summed E-state index contributed by atoms with van der Waals surface area (Å²) in [6.45, 7) is 0.246. The molecule has 1 N–H and O–H groups in total. The summed E-state index contributed by atoms with van der Waals surface area (Å²) in [7, 11) is 1.71. The van der Waals surface area contributed by atoms with Crippen molar-refractivity contribution in [2.45, 2.75) is 44.7 Å². The molecule has 19 heavy (non-hydrogen) atoms. The summed E-state index contributed by atoms with van der Waals surface area (Å²) in [5, 5.41) is 2.58. The van der Waals surface area contributed by atoms with Crippen molar-refractivity contribution in [2.75, 3.05) is 7.05 Å². The molecule has 1 fully saturated rings. The molecule has 1 aliphatic rings. The highest BCUT2D eigenvalue weighted by Gasteiger charge is 2.26. The maximum Gasteiger partial charge on any atom is 0.311 e. The second-order valence-electron chi connectivity index (χ2n) is 4.97. The third-order valence-corrected chi connectivity index (χ3v) is 3.64. The van der Waals surface area contributed by atoms with Crippen molar-refractivity contribution in [1.29, 1.82) is 0 Å². The number of carbonyl (C=O) groups is 2. The maximum atomic E-state index is 12.0. The summed E-state index contributed by atoms with van der Waals surface area (Å²) in [5.41, 5.74) is 0. The number of furan rings is 1. The Morgan fingerprint density at radius 3 is 2.74 bits per heavy atom. The average Bonchev–Trinajstić information content (AvgIpc) is 2.97. The lowest BCUT2D eigenvalue weighted by Gasteiger charge is -2.30. The van der Waals surface area contributed by atoms with E-state index in [1.54, 1.807) is 24.1 Å². The minimum atomic E-state index is -0.565. The minimum absolute atomic E-state index is 0.204. The van der Waals surface area contributed by atoms with Crippen molar-refractivity contribution in [3.8, 4) is 0 Å². The molecule has 0 unspecified atom stereocenters. The first-order chi connectivity index (χ1) is 9.18. The highest BCUT2D eigenvalue weighted by molar-refractivity contribution is 6.34. The summed E-state index contributed by atoms with van der Waals surface area (Å²) in [4.78, 5) is 25.3. The third-order valence-electron chi connectivity index (χ3n) is 3.64. The Morgan fingerprint density at radius 2 is 2.11 bits per heavy atom. The molecule has 0 spiro atoms. The summed E-state index contributed by atoms with van der Waals surface area (Å²) < 4.78 is 5.10. The van der Waals surface area contributed by atoms with E-state index in [2.05, 4.69) is 5.32 Å². The van der Waals surface area contributed by atoms with Crippen molar-refractivity contribution in [2.24, 2.45) is 0 Å². The molecule has 0 aromatic carbocycles. The number of carbonyl (C=O) groups excluding carboxylic acids is 2. The van der Waals surface area contributed by atoms with Crippen molar-refractivity contribution < 1.29 is 14.0 Å². The Morgan fingerprint density at radius 1 is 1.37 bits per heavy atom. The lowest BCUT2D eigenvalue weighted by molar-refractivity contribution is -0.146. The first-order valence-electron chi connectivity index (χ1n) is 6.76. The van der Waals surface area contributed by atoms with Gasteiger partial charge in [-0.15, -0.1) is 0 Å². The van der Waals surface area contributed by atoms with Gasteiger partial charge in [0.2, 0.25) is 0 Å². The molecule has 1 saturated carbocycles. The van der Waals surface area contributed by atoms with Gasteiger partial charge < -0.3 is 14.6 Å². The van der Waals surface area contributed by atoms with E-state index in [4.69, 9.17) is 4.42 Å². The molecule has 0 saturated heterocycles. The van der Waals surface area contributed by atoms with Gasteiger partial charge in [-0.1, -0.05) is 19.3 Å². The second-order valence-corrected chi connectivity index (χ2v) is 4.97. The molecule has 0 aliphatic heterocycles. The van der Waals surface area contributed by atoms with Crippen LogP contribution in [0.1, 0.15) is 37.9 Å². The van der Waals surface area contributed by atoms with E-state index >= 15 is 0 Å². The van der Waals surface area contributed by atoms with Crippen LogP contribution < -0.4 is 5.32 Å². The number of hydrogen-bond acceptors (Lipinski definition) is 3. The van der Waals surface area contributed by atoms with Crippen LogP contribution >= 0.6 is 0 Å². The second kappa shape index (κ2) is 6.41. The Hall–Kier alpha value is -1.78. The average molecular weight is 264 g/mol. The van der Waals surface area contributed by atoms with Crippen molar-refractivity contribution >= 4 is 11.8 Å². The molecule has 1 heterocycles.